The molecule has 20 heavy (non-hydrogen) atoms. The highest BCUT2D eigenvalue weighted by Gasteiger charge is 2.42. The zero-order chi connectivity index (χ0) is 14.1. The fourth-order valence-corrected chi connectivity index (χ4v) is 2.13. The number of benzene rings is 1. The summed E-state index contributed by atoms with van der Waals surface area (Å²) in [5.74, 6) is -0.638. The first-order chi connectivity index (χ1) is 9.70. The van der Waals surface area contributed by atoms with Crippen LogP contribution >= 0.6 is 0 Å². The molecular formula is C15H15NO4. The summed E-state index contributed by atoms with van der Waals surface area (Å²) in [4.78, 5) is 24.0. The third-order valence-electron chi connectivity index (χ3n) is 3.34. The minimum absolute atomic E-state index is 0.327. The molecule has 0 spiro atoms. The monoisotopic (exact) mass is 273 g/mol. The lowest BCUT2D eigenvalue weighted by atomic mass is 10.0. The summed E-state index contributed by atoms with van der Waals surface area (Å²) in [5.41, 5.74) is 1.17. The fourth-order valence-electron chi connectivity index (χ4n) is 2.13. The fraction of sp³-hybridized carbons (Fsp3) is 0.333. The Hall–Kier alpha value is -2.30. The molecule has 1 heterocycles. The lowest BCUT2D eigenvalue weighted by molar-refractivity contribution is -0.153. The van der Waals surface area contributed by atoms with E-state index in [1.165, 1.54) is 7.11 Å². The molecule has 104 valence electrons. The Kier molecular flexibility index (Phi) is 3.18. The summed E-state index contributed by atoms with van der Waals surface area (Å²) in [5, 5.41) is 3.17. The van der Waals surface area contributed by atoms with Gasteiger partial charge in [0.1, 0.15) is 0 Å². The molecule has 1 aromatic carbocycles. The molecule has 1 saturated carbocycles. The molecule has 1 fully saturated rings. The van der Waals surface area contributed by atoms with Gasteiger partial charge >= 0.3 is 5.97 Å². The number of Topliss-reactive ketones (excluding diaryl/α,β-unsaturated/α-hetero) is 1. The van der Waals surface area contributed by atoms with Gasteiger partial charge in [-0.25, -0.2) is 4.79 Å². The highest BCUT2D eigenvalue weighted by Crippen LogP contribution is 2.32. The lowest BCUT2D eigenvalue weighted by Crippen LogP contribution is -2.30. The summed E-state index contributed by atoms with van der Waals surface area (Å²) in [6, 6.07) is 9.53. The van der Waals surface area contributed by atoms with Gasteiger partial charge in [-0.2, -0.15) is 0 Å². The van der Waals surface area contributed by atoms with E-state index in [1.54, 1.807) is 0 Å². The van der Waals surface area contributed by atoms with E-state index in [0.29, 0.717) is 17.5 Å². The Morgan fingerprint density at radius 2 is 2.00 bits per heavy atom. The third-order valence-corrected chi connectivity index (χ3v) is 3.34. The number of hydrogen-bond donors (Lipinski definition) is 1. The standard InChI is InChI=1S/C15H15NO4/c1-19-15(18)13-12(17)11(9-5-3-2-4-6-9)14(20-13)16-10-7-8-10/h2-6,10,13,16H,7-8H2,1H3. The van der Waals surface area contributed by atoms with Crippen molar-refractivity contribution < 1.29 is 19.1 Å². The van der Waals surface area contributed by atoms with Gasteiger partial charge in [0.15, 0.2) is 5.88 Å². The van der Waals surface area contributed by atoms with Gasteiger partial charge in [-0.3, -0.25) is 4.79 Å². The van der Waals surface area contributed by atoms with Gasteiger partial charge in [0.25, 0.3) is 6.10 Å². The second-order valence-electron chi connectivity index (χ2n) is 4.87. The minimum Gasteiger partial charge on any atom is -0.466 e. The molecule has 1 aliphatic carbocycles. The summed E-state index contributed by atoms with van der Waals surface area (Å²) >= 11 is 0. The molecular weight excluding hydrogens is 258 g/mol. The molecule has 0 amide bonds. The molecule has 1 unspecified atom stereocenters. The van der Waals surface area contributed by atoms with Crippen LogP contribution in [0.3, 0.4) is 0 Å². The molecule has 2 aliphatic rings. The van der Waals surface area contributed by atoms with Crippen LogP contribution in [0, 0.1) is 0 Å². The molecule has 3 rings (SSSR count). The van der Waals surface area contributed by atoms with Crippen LogP contribution in [0.1, 0.15) is 18.4 Å². The van der Waals surface area contributed by atoms with Crippen molar-refractivity contribution in [2.45, 2.75) is 25.0 Å². The van der Waals surface area contributed by atoms with Crippen molar-refractivity contribution in [2.24, 2.45) is 0 Å². The van der Waals surface area contributed by atoms with Crippen LogP contribution in [0.25, 0.3) is 5.57 Å². The van der Waals surface area contributed by atoms with Gasteiger partial charge < -0.3 is 14.8 Å². The molecule has 0 saturated heterocycles. The van der Waals surface area contributed by atoms with Crippen LogP contribution in [0.4, 0.5) is 0 Å². The third kappa shape index (κ3) is 2.27. The molecule has 1 N–H and O–H groups in total. The number of carbonyl (C=O) groups excluding carboxylic acids is 2. The first kappa shape index (κ1) is 12.7. The molecule has 5 heteroatoms. The predicted molar refractivity (Wildman–Crippen MR) is 71.4 cm³/mol. The summed E-state index contributed by atoms with van der Waals surface area (Å²) in [6.45, 7) is 0. The second kappa shape index (κ2) is 5.00. The van der Waals surface area contributed by atoms with Crippen molar-refractivity contribution in [1.29, 1.82) is 0 Å². The van der Waals surface area contributed by atoms with Crippen LogP contribution in [-0.4, -0.2) is 31.0 Å². The number of nitrogens with one attached hydrogen (secondary N) is 1. The van der Waals surface area contributed by atoms with Gasteiger partial charge in [0, 0.05) is 6.04 Å². The first-order valence-corrected chi connectivity index (χ1v) is 6.55. The van der Waals surface area contributed by atoms with Gasteiger partial charge in [0.05, 0.1) is 12.7 Å². The average Bonchev–Trinajstić information content (AvgIpc) is 3.22. The van der Waals surface area contributed by atoms with E-state index >= 15 is 0 Å². The Morgan fingerprint density at radius 3 is 2.60 bits per heavy atom. The topological polar surface area (TPSA) is 64.6 Å². The number of ketones is 1. The zero-order valence-corrected chi connectivity index (χ0v) is 11.1. The van der Waals surface area contributed by atoms with Crippen molar-refractivity contribution in [3.63, 3.8) is 0 Å². The Balaban J connectivity index is 1.95. The largest absolute Gasteiger partial charge is 0.466 e. The highest BCUT2D eigenvalue weighted by molar-refractivity contribution is 6.30. The predicted octanol–water partition coefficient (Wildman–Crippen LogP) is 1.25. The first-order valence-electron chi connectivity index (χ1n) is 6.55. The molecule has 0 bridgehead atoms. The quantitative estimate of drug-likeness (QED) is 0.660. The van der Waals surface area contributed by atoms with Crippen LogP contribution < -0.4 is 5.32 Å². The van der Waals surface area contributed by atoms with E-state index in [2.05, 4.69) is 10.1 Å². The van der Waals surface area contributed by atoms with Crippen LogP contribution in [0.15, 0.2) is 36.2 Å². The zero-order valence-electron chi connectivity index (χ0n) is 11.1. The van der Waals surface area contributed by atoms with Crippen LogP contribution in [-0.2, 0) is 19.1 Å². The Labute approximate surface area is 116 Å². The number of rotatable bonds is 4. The van der Waals surface area contributed by atoms with E-state index in [-0.39, 0.29) is 5.78 Å². The van der Waals surface area contributed by atoms with E-state index < -0.39 is 12.1 Å². The summed E-state index contributed by atoms with van der Waals surface area (Å²) in [6.07, 6.45) is 0.898. The lowest BCUT2D eigenvalue weighted by Gasteiger charge is -2.10. The van der Waals surface area contributed by atoms with Crippen LogP contribution in [0.2, 0.25) is 0 Å². The van der Waals surface area contributed by atoms with Crippen molar-refractivity contribution in [3.8, 4) is 0 Å². The molecule has 5 nitrogen and oxygen atoms in total. The van der Waals surface area contributed by atoms with Crippen molar-refractivity contribution in [1.82, 2.24) is 5.32 Å². The summed E-state index contributed by atoms with van der Waals surface area (Å²) < 4.78 is 10.1. The maximum atomic E-state index is 12.4. The van der Waals surface area contributed by atoms with E-state index in [0.717, 1.165) is 18.4 Å². The van der Waals surface area contributed by atoms with E-state index in [1.807, 2.05) is 30.3 Å². The maximum Gasteiger partial charge on any atom is 0.355 e. The van der Waals surface area contributed by atoms with Gasteiger partial charge in [-0.05, 0) is 18.4 Å². The number of carbonyl (C=O) groups is 2. The van der Waals surface area contributed by atoms with E-state index in [4.69, 9.17) is 4.74 Å². The molecule has 0 radical (unpaired) electrons. The number of ether oxygens (including phenoxy) is 2. The van der Waals surface area contributed by atoms with Crippen molar-refractivity contribution >= 4 is 17.3 Å². The SMILES string of the molecule is COC(=O)C1OC(NC2CC2)=C(c2ccccc2)C1=O. The smallest absolute Gasteiger partial charge is 0.355 e. The maximum absolute atomic E-state index is 12.4. The van der Waals surface area contributed by atoms with Crippen molar-refractivity contribution in [3.05, 3.63) is 41.8 Å². The molecule has 1 atom stereocenters. The van der Waals surface area contributed by atoms with Crippen molar-refractivity contribution in [2.75, 3.05) is 7.11 Å². The average molecular weight is 273 g/mol. The van der Waals surface area contributed by atoms with Gasteiger partial charge in [0.2, 0.25) is 5.78 Å². The number of hydrogen-bond acceptors (Lipinski definition) is 5. The highest BCUT2D eigenvalue weighted by atomic mass is 16.6. The van der Waals surface area contributed by atoms with Gasteiger partial charge in [-0.15, -0.1) is 0 Å². The number of esters is 1. The second-order valence-corrected chi connectivity index (χ2v) is 4.87. The molecule has 1 aromatic rings. The minimum atomic E-state index is -1.20. The molecule has 1 aliphatic heterocycles. The molecule has 0 aromatic heterocycles. The van der Waals surface area contributed by atoms with Crippen LogP contribution in [0.5, 0.6) is 0 Å². The summed E-state index contributed by atoms with van der Waals surface area (Å²) in [7, 11) is 1.24. The van der Waals surface area contributed by atoms with Gasteiger partial charge in [-0.1, -0.05) is 30.3 Å². The Bertz CT molecular complexity index is 575. The normalized spacial score (nSPS) is 21.6. The Morgan fingerprint density at radius 1 is 1.30 bits per heavy atom. The number of methoxy groups -OCH3 is 1. The van der Waals surface area contributed by atoms with E-state index in [9.17, 15) is 9.59 Å².